The van der Waals surface area contributed by atoms with Gasteiger partial charge in [-0.1, -0.05) is 32.9 Å². The van der Waals surface area contributed by atoms with E-state index in [9.17, 15) is 4.79 Å². The maximum atomic E-state index is 12.8. The summed E-state index contributed by atoms with van der Waals surface area (Å²) in [6.45, 7) is 12.7. The topological polar surface area (TPSA) is 38.8 Å². The summed E-state index contributed by atoms with van der Waals surface area (Å²) in [7, 11) is 0. The summed E-state index contributed by atoms with van der Waals surface area (Å²) in [6, 6.07) is 10.3. The predicted octanol–water partition coefficient (Wildman–Crippen LogP) is 3.83. The number of piperidine rings is 1. The highest BCUT2D eigenvalue weighted by Crippen LogP contribution is 2.28. The monoisotopic (exact) mass is 398 g/mol. The number of rotatable bonds is 3. The van der Waals surface area contributed by atoms with E-state index in [1.165, 1.54) is 24.1 Å². The van der Waals surface area contributed by atoms with E-state index in [4.69, 9.17) is 0 Å². The summed E-state index contributed by atoms with van der Waals surface area (Å²) in [5.41, 5.74) is 2.87. The minimum Gasteiger partial charge on any atom is -0.371 e. The van der Waals surface area contributed by atoms with Crippen LogP contribution in [0.1, 0.15) is 58.4 Å². The summed E-state index contributed by atoms with van der Waals surface area (Å²) in [4.78, 5) is 19.9. The van der Waals surface area contributed by atoms with Gasteiger partial charge in [0.1, 0.15) is 0 Å². The van der Waals surface area contributed by atoms with Crippen LogP contribution in [0.4, 0.5) is 10.5 Å². The molecule has 2 aliphatic heterocycles. The number of anilines is 1. The van der Waals surface area contributed by atoms with Crippen LogP contribution in [0.5, 0.6) is 0 Å². The molecule has 1 aliphatic carbocycles. The lowest BCUT2D eigenvalue weighted by Crippen LogP contribution is -2.50. The van der Waals surface area contributed by atoms with Crippen molar-refractivity contribution in [1.29, 1.82) is 0 Å². The van der Waals surface area contributed by atoms with Crippen molar-refractivity contribution < 1.29 is 4.79 Å². The zero-order valence-corrected chi connectivity index (χ0v) is 18.5. The molecule has 2 heterocycles. The van der Waals surface area contributed by atoms with Crippen LogP contribution in [0, 0.1) is 0 Å². The summed E-state index contributed by atoms with van der Waals surface area (Å²) in [5.74, 6) is 0. The number of hydrogen-bond donors (Lipinski definition) is 1. The van der Waals surface area contributed by atoms with Crippen molar-refractivity contribution in [1.82, 2.24) is 15.1 Å². The Morgan fingerprint density at radius 3 is 2.21 bits per heavy atom. The molecule has 0 radical (unpaired) electrons. The fraction of sp³-hybridized carbons (Fsp3) is 0.708. The fourth-order valence-corrected chi connectivity index (χ4v) is 4.67. The van der Waals surface area contributed by atoms with Crippen molar-refractivity contribution in [2.75, 3.05) is 44.2 Å². The molecule has 2 amide bonds. The van der Waals surface area contributed by atoms with Crippen LogP contribution in [-0.4, -0.2) is 67.2 Å². The van der Waals surface area contributed by atoms with E-state index in [1.54, 1.807) is 0 Å². The predicted molar refractivity (Wildman–Crippen MR) is 120 cm³/mol. The maximum Gasteiger partial charge on any atom is 0.317 e. The van der Waals surface area contributed by atoms with Gasteiger partial charge in [0, 0.05) is 57.0 Å². The van der Waals surface area contributed by atoms with Crippen molar-refractivity contribution in [3.05, 3.63) is 29.8 Å². The Hall–Kier alpha value is -1.75. The van der Waals surface area contributed by atoms with E-state index in [0.717, 1.165) is 64.6 Å². The minimum absolute atomic E-state index is 0.149. The van der Waals surface area contributed by atoms with Crippen molar-refractivity contribution >= 4 is 11.7 Å². The van der Waals surface area contributed by atoms with Crippen molar-refractivity contribution in [3.8, 4) is 0 Å². The van der Waals surface area contributed by atoms with E-state index in [2.05, 4.69) is 60.2 Å². The lowest BCUT2D eigenvalue weighted by atomic mass is 9.87. The van der Waals surface area contributed by atoms with Gasteiger partial charge in [-0.15, -0.1) is 0 Å². The Morgan fingerprint density at radius 1 is 0.897 bits per heavy atom. The largest absolute Gasteiger partial charge is 0.371 e. The van der Waals surface area contributed by atoms with Gasteiger partial charge < -0.3 is 15.1 Å². The highest BCUT2D eigenvalue weighted by Gasteiger charge is 2.31. The van der Waals surface area contributed by atoms with E-state index in [1.807, 2.05) is 4.90 Å². The van der Waals surface area contributed by atoms with Gasteiger partial charge in [0.25, 0.3) is 0 Å². The van der Waals surface area contributed by atoms with Crippen LogP contribution in [0.2, 0.25) is 0 Å². The molecular weight excluding hydrogens is 360 g/mol. The fourth-order valence-electron chi connectivity index (χ4n) is 4.67. The normalized spacial score (nSPS) is 22.4. The number of urea groups is 1. The van der Waals surface area contributed by atoms with Crippen LogP contribution in [-0.2, 0) is 5.41 Å². The second kappa shape index (κ2) is 8.55. The van der Waals surface area contributed by atoms with Crippen LogP contribution in [0.25, 0.3) is 0 Å². The first-order valence-corrected chi connectivity index (χ1v) is 11.5. The molecule has 0 unspecified atom stereocenters. The zero-order chi connectivity index (χ0) is 20.4. The molecule has 0 atom stereocenters. The molecule has 29 heavy (non-hydrogen) atoms. The minimum atomic E-state index is 0.149. The molecule has 1 N–H and O–H groups in total. The van der Waals surface area contributed by atoms with Crippen LogP contribution in [0.3, 0.4) is 0 Å². The third kappa shape index (κ3) is 5.25. The first kappa shape index (κ1) is 20.5. The smallest absolute Gasteiger partial charge is 0.317 e. The summed E-state index contributed by atoms with van der Waals surface area (Å²) >= 11 is 0. The van der Waals surface area contributed by atoms with Gasteiger partial charge in [0.2, 0.25) is 0 Å². The third-order valence-corrected chi connectivity index (χ3v) is 6.80. The Kier molecular flexibility index (Phi) is 6.05. The number of carbonyl (C=O) groups is 1. The lowest BCUT2D eigenvalue weighted by Gasteiger charge is -2.35. The average molecular weight is 399 g/mol. The van der Waals surface area contributed by atoms with Crippen molar-refractivity contribution in [2.45, 2.75) is 70.4 Å². The highest BCUT2D eigenvalue weighted by molar-refractivity contribution is 5.74. The number of hydrogen-bond acceptors (Lipinski definition) is 3. The van der Waals surface area contributed by atoms with E-state index in [0.29, 0.717) is 6.04 Å². The zero-order valence-electron chi connectivity index (χ0n) is 18.5. The van der Waals surface area contributed by atoms with Gasteiger partial charge in [0.05, 0.1) is 0 Å². The molecule has 5 nitrogen and oxygen atoms in total. The molecule has 160 valence electrons. The first-order chi connectivity index (χ1) is 13.9. The average Bonchev–Trinajstić information content (AvgIpc) is 3.54. The molecule has 1 aromatic carbocycles. The van der Waals surface area contributed by atoms with E-state index < -0.39 is 0 Å². The Bertz CT molecular complexity index is 684. The van der Waals surface area contributed by atoms with Gasteiger partial charge in [0.15, 0.2) is 0 Å². The molecule has 0 aromatic heterocycles. The van der Waals surface area contributed by atoms with Crippen LogP contribution < -0.4 is 10.2 Å². The maximum absolute atomic E-state index is 12.8. The molecule has 3 aliphatic rings. The summed E-state index contributed by atoms with van der Waals surface area (Å²) in [5, 5.41) is 3.32. The van der Waals surface area contributed by atoms with Gasteiger partial charge in [-0.05, 0) is 55.2 Å². The van der Waals surface area contributed by atoms with E-state index >= 15 is 0 Å². The standard InChI is InChI=1S/C24H38N4O/c1-24(2,3)19-5-7-21(8-6-19)27-15-11-20(12-16-27)25-23(29)28-14-4-13-26(17-18-28)22-9-10-22/h5-8,20,22H,4,9-18H2,1-3H3,(H,25,29). The first-order valence-electron chi connectivity index (χ1n) is 11.5. The second-order valence-corrected chi connectivity index (χ2v) is 10.1. The number of amides is 2. The molecule has 4 rings (SSSR count). The number of carbonyl (C=O) groups excluding carboxylic acids is 1. The number of benzene rings is 1. The molecule has 2 saturated heterocycles. The lowest BCUT2D eigenvalue weighted by molar-refractivity contribution is 0.191. The van der Waals surface area contributed by atoms with Crippen LogP contribution >= 0.6 is 0 Å². The Labute approximate surface area is 176 Å². The quantitative estimate of drug-likeness (QED) is 0.841. The molecule has 0 bridgehead atoms. The summed E-state index contributed by atoms with van der Waals surface area (Å²) in [6.07, 6.45) is 5.85. The second-order valence-electron chi connectivity index (χ2n) is 10.1. The van der Waals surface area contributed by atoms with Crippen molar-refractivity contribution in [2.24, 2.45) is 0 Å². The van der Waals surface area contributed by atoms with Gasteiger partial charge >= 0.3 is 6.03 Å². The molecule has 3 fully saturated rings. The highest BCUT2D eigenvalue weighted by atomic mass is 16.2. The van der Waals surface area contributed by atoms with Crippen molar-refractivity contribution in [3.63, 3.8) is 0 Å². The molecule has 1 saturated carbocycles. The third-order valence-electron chi connectivity index (χ3n) is 6.80. The molecule has 5 heteroatoms. The number of nitrogens with zero attached hydrogens (tertiary/aromatic N) is 3. The Morgan fingerprint density at radius 2 is 1.59 bits per heavy atom. The van der Waals surface area contributed by atoms with Crippen LogP contribution in [0.15, 0.2) is 24.3 Å². The SMILES string of the molecule is CC(C)(C)c1ccc(N2CCC(NC(=O)N3CCCN(C4CC4)CC3)CC2)cc1. The van der Waals surface area contributed by atoms with Gasteiger partial charge in [-0.3, -0.25) is 4.90 Å². The number of nitrogens with one attached hydrogen (secondary N) is 1. The molecule has 0 spiro atoms. The van der Waals surface area contributed by atoms with Gasteiger partial charge in [-0.2, -0.15) is 0 Å². The molecule has 1 aromatic rings. The van der Waals surface area contributed by atoms with E-state index in [-0.39, 0.29) is 11.4 Å². The molecular formula is C24H38N4O. The van der Waals surface area contributed by atoms with Gasteiger partial charge in [-0.25, -0.2) is 4.79 Å². The Balaban J connectivity index is 1.23. The summed E-state index contributed by atoms with van der Waals surface area (Å²) < 4.78 is 0.